The summed E-state index contributed by atoms with van der Waals surface area (Å²) in [5.74, 6) is 0.634. The van der Waals surface area contributed by atoms with Gasteiger partial charge in [0.25, 0.3) is 0 Å². The molecule has 0 atom stereocenters. The summed E-state index contributed by atoms with van der Waals surface area (Å²) >= 11 is 6.15. The molecule has 0 aliphatic heterocycles. The SMILES string of the molecule is Cc1ccnc(NCc2csc(=O)[nH]2)c1C(N)=S. The zero-order chi connectivity index (χ0) is 13.1. The second-order valence-corrected chi connectivity index (χ2v) is 5.02. The molecule has 0 saturated carbocycles. The number of nitrogens with zero attached hydrogens (tertiary/aromatic N) is 1. The average Bonchev–Trinajstić information content (AvgIpc) is 2.72. The first-order chi connectivity index (χ1) is 8.58. The second kappa shape index (κ2) is 5.28. The average molecular weight is 280 g/mol. The lowest BCUT2D eigenvalue weighted by molar-refractivity contribution is 1.04. The molecule has 0 unspecified atom stereocenters. The zero-order valence-electron chi connectivity index (χ0n) is 9.69. The number of aromatic nitrogens is 2. The molecule has 2 aromatic rings. The molecule has 0 aromatic carbocycles. The molecule has 0 radical (unpaired) electrons. The van der Waals surface area contributed by atoms with Gasteiger partial charge in [-0.05, 0) is 18.6 Å². The first kappa shape index (κ1) is 12.7. The smallest absolute Gasteiger partial charge is 0.304 e. The van der Waals surface area contributed by atoms with Gasteiger partial charge in [-0.3, -0.25) is 4.79 Å². The summed E-state index contributed by atoms with van der Waals surface area (Å²) in [6.45, 7) is 2.40. The number of anilines is 1. The maximum absolute atomic E-state index is 11.0. The van der Waals surface area contributed by atoms with E-state index >= 15 is 0 Å². The van der Waals surface area contributed by atoms with E-state index in [9.17, 15) is 4.79 Å². The predicted octanol–water partition coefficient (Wildman–Crippen LogP) is 1.39. The van der Waals surface area contributed by atoms with E-state index in [1.54, 1.807) is 11.6 Å². The highest BCUT2D eigenvalue weighted by Crippen LogP contribution is 2.17. The lowest BCUT2D eigenvalue weighted by Gasteiger charge is -2.11. The van der Waals surface area contributed by atoms with Crippen molar-refractivity contribution in [2.45, 2.75) is 13.5 Å². The van der Waals surface area contributed by atoms with E-state index < -0.39 is 0 Å². The first-order valence-electron chi connectivity index (χ1n) is 5.24. The Balaban J connectivity index is 2.21. The van der Waals surface area contributed by atoms with Gasteiger partial charge in [-0.1, -0.05) is 23.6 Å². The molecule has 0 spiro atoms. The van der Waals surface area contributed by atoms with Crippen LogP contribution < -0.4 is 15.9 Å². The summed E-state index contributed by atoms with van der Waals surface area (Å²) in [4.78, 5) is 18.2. The van der Waals surface area contributed by atoms with Crippen LogP contribution in [-0.2, 0) is 6.54 Å². The normalized spacial score (nSPS) is 10.3. The molecule has 4 N–H and O–H groups in total. The molecule has 0 aliphatic carbocycles. The van der Waals surface area contributed by atoms with Gasteiger partial charge in [0.2, 0.25) is 0 Å². The second-order valence-electron chi connectivity index (χ2n) is 3.74. The summed E-state index contributed by atoms with van der Waals surface area (Å²) < 4.78 is 0. The largest absolute Gasteiger partial charge is 0.389 e. The van der Waals surface area contributed by atoms with Gasteiger partial charge >= 0.3 is 4.87 Å². The van der Waals surface area contributed by atoms with Crippen molar-refractivity contribution in [1.82, 2.24) is 9.97 Å². The van der Waals surface area contributed by atoms with Gasteiger partial charge in [-0.2, -0.15) is 0 Å². The van der Waals surface area contributed by atoms with Crippen LogP contribution in [0.2, 0.25) is 0 Å². The molecule has 0 bridgehead atoms. The van der Waals surface area contributed by atoms with Crippen molar-refractivity contribution in [2.75, 3.05) is 5.32 Å². The highest BCUT2D eigenvalue weighted by molar-refractivity contribution is 7.80. The molecule has 2 heterocycles. The molecule has 0 aliphatic rings. The summed E-state index contributed by atoms with van der Waals surface area (Å²) in [5.41, 5.74) is 8.20. The van der Waals surface area contributed by atoms with Crippen molar-refractivity contribution in [3.8, 4) is 0 Å². The third-order valence-electron chi connectivity index (χ3n) is 2.42. The lowest BCUT2D eigenvalue weighted by atomic mass is 10.1. The number of aromatic amines is 1. The molecule has 18 heavy (non-hydrogen) atoms. The number of nitrogens with two attached hydrogens (primary N) is 1. The lowest BCUT2D eigenvalue weighted by Crippen LogP contribution is -2.16. The van der Waals surface area contributed by atoms with Crippen LogP contribution in [0, 0.1) is 6.92 Å². The number of hydrogen-bond acceptors (Lipinski definition) is 5. The van der Waals surface area contributed by atoms with E-state index in [2.05, 4.69) is 15.3 Å². The minimum absolute atomic E-state index is 0.0708. The molecule has 5 nitrogen and oxygen atoms in total. The van der Waals surface area contributed by atoms with E-state index in [1.165, 1.54) is 0 Å². The number of hydrogen-bond donors (Lipinski definition) is 3. The van der Waals surface area contributed by atoms with Gasteiger partial charge in [0.05, 0.1) is 12.1 Å². The Hall–Kier alpha value is -1.73. The summed E-state index contributed by atoms with van der Waals surface area (Å²) in [7, 11) is 0. The Kier molecular flexibility index (Phi) is 3.73. The standard InChI is InChI=1S/C11H12N4OS2/c1-6-2-3-13-10(8(6)9(12)17)14-4-7-5-18-11(16)15-7/h2-3,5H,4H2,1H3,(H2,12,17)(H,13,14)(H,15,16). The van der Waals surface area contributed by atoms with Crippen LogP contribution in [0.15, 0.2) is 22.4 Å². The highest BCUT2D eigenvalue weighted by Gasteiger charge is 2.09. The number of rotatable bonds is 4. The topological polar surface area (TPSA) is 83.8 Å². The number of thiazole rings is 1. The van der Waals surface area contributed by atoms with Crippen molar-refractivity contribution in [3.63, 3.8) is 0 Å². The third kappa shape index (κ3) is 2.74. The number of aryl methyl sites for hydroxylation is 1. The van der Waals surface area contributed by atoms with E-state index in [4.69, 9.17) is 18.0 Å². The Labute approximate surface area is 113 Å². The fraction of sp³-hybridized carbons (Fsp3) is 0.182. The molecule has 0 amide bonds. The van der Waals surface area contributed by atoms with E-state index in [-0.39, 0.29) is 4.87 Å². The molecule has 0 fully saturated rings. The molecular formula is C11H12N4OS2. The van der Waals surface area contributed by atoms with Crippen LogP contribution in [0.5, 0.6) is 0 Å². The van der Waals surface area contributed by atoms with Gasteiger partial charge in [-0.15, -0.1) is 0 Å². The fourth-order valence-corrected chi connectivity index (χ4v) is 2.42. The number of pyridine rings is 1. The Morgan fingerprint density at radius 3 is 3.06 bits per heavy atom. The number of nitrogens with one attached hydrogen (secondary N) is 2. The maximum Gasteiger partial charge on any atom is 0.304 e. The van der Waals surface area contributed by atoms with E-state index in [0.29, 0.717) is 17.4 Å². The van der Waals surface area contributed by atoms with Crippen molar-refractivity contribution >= 4 is 34.4 Å². The van der Waals surface area contributed by atoms with Crippen LogP contribution in [-0.4, -0.2) is 15.0 Å². The fourth-order valence-electron chi connectivity index (χ4n) is 1.58. The Bertz CT molecular complexity index is 632. The van der Waals surface area contributed by atoms with Crippen LogP contribution in [0.4, 0.5) is 5.82 Å². The van der Waals surface area contributed by atoms with Gasteiger partial charge in [-0.25, -0.2) is 4.98 Å². The van der Waals surface area contributed by atoms with Crippen LogP contribution in [0.25, 0.3) is 0 Å². The quantitative estimate of drug-likeness (QED) is 0.737. The predicted molar refractivity (Wildman–Crippen MR) is 77.1 cm³/mol. The van der Waals surface area contributed by atoms with Crippen LogP contribution >= 0.6 is 23.6 Å². The minimum atomic E-state index is -0.0708. The van der Waals surface area contributed by atoms with Gasteiger partial charge in [0.15, 0.2) is 0 Å². The van der Waals surface area contributed by atoms with Gasteiger partial charge < -0.3 is 16.0 Å². The molecule has 2 aromatic heterocycles. The van der Waals surface area contributed by atoms with Gasteiger partial charge in [0.1, 0.15) is 10.8 Å². The van der Waals surface area contributed by atoms with Gasteiger partial charge in [0, 0.05) is 17.3 Å². The first-order valence-corrected chi connectivity index (χ1v) is 6.52. The summed E-state index contributed by atoms with van der Waals surface area (Å²) in [5, 5.41) is 4.89. The minimum Gasteiger partial charge on any atom is -0.389 e. The van der Waals surface area contributed by atoms with Crippen molar-refractivity contribution in [2.24, 2.45) is 5.73 Å². The molecule has 0 saturated heterocycles. The molecule has 7 heteroatoms. The number of H-pyrrole nitrogens is 1. The summed E-state index contributed by atoms with van der Waals surface area (Å²) in [6, 6.07) is 1.85. The zero-order valence-corrected chi connectivity index (χ0v) is 11.3. The van der Waals surface area contributed by atoms with Crippen molar-refractivity contribution < 1.29 is 0 Å². The third-order valence-corrected chi connectivity index (χ3v) is 3.35. The Morgan fingerprint density at radius 2 is 2.44 bits per heavy atom. The maximum atomic E-state index is 11.0. The highest BCUT2D eigenvalue weighted by atomic mass is 32.1. The molecule has 94 valence electrons. The van der Waals surface area contributed by atoms with Crippen LogP contribution in [0.1, 0.15) is 16.8 Å². The monoisotopic (exact) mass is 280 g/mol. The van der Waals surface area contributed by atoms with Crippen molar-refractivity contribution in [3.05, 3.63) is 44.1 Å². The molecular weight excluding hydrogens is 268 g/mol. The van der Waals surface area contributed by atoms with E-state index in [1.807, 2.05) is 13.0 Å². The Morgan fingerprint density at radius 1 is 1.67 bits per heavy atom. The van der Waals surface area contributed by atoms with Crippen molar-refractivity contribution in [1.29, 1.82) is 0 Å². The molecule has 2 rings (SSSR count). The van der Waals surface area contributed by atoms with E-state index in [0.717, 1.165) is 28.2 Å². The van der Waals surface area contributed by atoms with Crippen LogP contribution in [0.3, 0.4) is 0 Å². The number of thiocarbonyl (C=S) groups is 1. The summed E-state index contributed by atoms with van der Waals surface area (Å²) in [6.07, 6.45) is 1.69.